The van der Waals surface area contributed by atoms with Crippen LogP contribution in [0.3, 0.4) is 0 Å². The fourth-order valence-corrected chi connectivity index (χ4v) is 1.47. The lowest BCUT2D eigenvalue weighted by molar-refractivity contribution is 0.755. The number of nitrogens with zero attached hydrogens (tertiary/aromatic N) is 2. The molecule has 0 saturated heterocycles. The van der Waals surface area contributed by atoms with Gasteiger partial charge in [0, 0.05) is 18.5 Å². The summed E-state index contributed by atoms with van der Waals surface area (Å²) in [7, 11) is 0. The zero-order chi connectivity index (χ0) is 10.6. The Labute approximate surface area is 93.5 Å². The maximum Gasteiger partial charge on any atom is 0.131 e. The molecule has 3 nitrogen and oxygen atoms in total. The van der Waals surface area contributed by atoms with E-state index in [4.69, 9.17) is 0 Å². The Hall–Kier alpha value is -0.640. The highest BCUT2D eigenvalue weighted by Crippen LogP contribution is 2.13. The minimum absolute atomic E-state index is 0.446. The smallest absolute Gasteiger partial charge is 0.131 e. The molecule has 0 aliphatic rings. The van der Waals surface area contributed by atoms with Gasteiger partial charge in [-0.25, -0.2) is 9.97 Å². The molecule has 1 aromatic heterocycles. The number of rotatable bonds is 4. The van der Waals surface area contributed by atoms with Crippen LogP contribution in [0.2, 0.25) is 0 Å². The van der Waals surface area contributed by atoms with Crippen molar-refractivity contribution in [3.63, 3.8) is 0 Å². The third-order valence-electron chi connectivity index (χ3n) is 2.06. The van der Waals surface area contributed by atoms with Crippen LogP contribution in [0, 0.1) is 0 Å². The van der Waals surface area contributed by atoms with Crippen LogP contribution in [0.1, 0.15) is 33.0 Å². The summed E-state index contributed by atoms with van der Waals surface area (Å²) in [4.78, 5) is 8.64. The van der Waals surface area contributed by atoms with Gasteiger partial charge >= 0.3 is 0 Å². The Kier molecular flexibility index (Phi) is 4.32. The van der Waals surface area contributed by atoms with Crippen LogP contribution < -0.4 is 5.32 Å². The number of aryl methyl sites for hydroxylation is 1. The number of nitrogens with one attached hydrogen (secondary N) is 1. The van der Waals surface area contributed by atoms with E-state index in [2.05, 4.69) is 52.0 Å². The van der Waals surface area contributed by atoms with Crippen molar-refractivity contribution < 1.29 is 0 Å². The molecule has 14 heavy (non-hydrogen) atoms. The second-order valence-electron chi connectivity index (χ2n) is 3.30. The maximum absolute atomic E-state index is 4.39. The molecule has 1 aromatic rings. The summed E-state index contributed by atoms with van der Waals surface area (Å²) in [6, 6.07) is 2.35. The zero-order valence-electron chi connectivity index (χ0n) is 8.84. The van der Waals surface area contributed by atoms with Gasteiger partial charge in [0.05, 0.1) is 0 Å². The molecule has 0 bridgehead atoms. The van der Waals surface area contributed by atoms with E-state index in [0.29, 0.717) is 6.04 Å². The van der Waals surface area contributed by atoms with Crippen molar-refractivity contribution >= 4 is 21.7 Å². The third kappa shape index (κ3) is 3.25. The standard InChI is InChI=1S/C10H16BrN3/c1-4-7(3)12-10-6-8(11)13-9(5-2)14-10/h6-7H,4-5H2,1-3H3,(H,12,13,14). The number of hydrogen-bond acceptors (Lipinski definition) is 3. The Balaban J connectivity index is 2.81. The highest BCUT2D eigenvalue weighted by molar-refractivity contribution is 9.10. The van der Waals surface area contributed by atoms with Crippen LogP contribution in [0.4, 0.5) is 5.82 Å². The lowest BCUT2D eigenvalue weighted by Gasteiger charge is -2.12. The predicted octanol–water partition coefficient (Wildman–Crippen LogP) is 3.01. The molecule has 78 valence electrons. The molecule has 1 N–H and O–H groups in total. The van der Waals surface area contributed by atoms with Gasteiger partial charge in [0.1, 0.15) is 16.2 Å². The van der Waals surface area contributed by atoms with Gasteiger partial charge in [0.25, 0.3) is 0 Å². The molecule has 0 aliphatic heterocycles. The first-order chi connectivity index (χ1) is 6.65. The van der Waals surface area contributed by atoms with E-state index in [0.717, 1.165) is 29.1 Å². The largest absolute Gasteiger partial charge is 0.367 e. The zero-order valence-corrected chi connectivity index (χ0v) is 10.4. The summed E-state index contributed by atoms with van der Waals surface area (Å²) in [5.74, 6) is 1.77. The van der Waals surface area contributed by atoms with Crippen molar-refractivity contribution in [1.82, 2.24) is 9.97 Å². The molecule has 1 unspecified atom stereocenters. The van der Waals surface area contributed by atoms with Crippen LogP contribution in [-0.4, -0.2) is 16.0 Å². The average molecular weight is 258 g/mol. The first-order valence-electron chi connectivity index (χ1n) is 4.95. The lowest BCUT2D eigenvalue weighted by Crippen LogP contribution is -2.15. The lowest BCUT2D eigenvalue weighted by atomic mass is 10.2. The summed E-state index contributed by atoms with van der Waals surface area (Å²) in [6.07, 6.45) is 1.94. The number of hydrogen-bond donors (Lipinski definition) is 1. The van der Waals surface area contributed by atoms with Crippen molar-refractivity contribution in [1.29, 1.82) is 0 Å². The van der Waals surface area contributed by atoms with E-state index >= 15 is 0 Å². The highest BCUT2D eigenvalue weighted by Gasteiger charge is 2.03. The minimum Gasteiger partial charge on any atom is -0.367 e. The maximum atomic E-state index is 4.39. The van der Waals surface area contributed by atoms with Crippen LogP contribution in [0.25, 0.3) is 0 Å². The summed E-state index contributed by atoms with van der Waals surface area (Å²) in [5.41, 5.74) is 0. The van der Waals surface area contributed by atoms with Crippen LogP contribution in [0.5, 0.6) is 0 Å². The summed E-state index contributed by atoms with van der Waals surface area (Å²) >= 11 is 3.37. The van der Waals surface area contributed by atoms with Gasteiger partial charge in [-0.1, -0.05) is 13.8 Å². The third-order valence-corrected chi connectivity index (χ3v) is 2.47. The Morgan fingerprint density at radius 3 is 2.71 bits per heavy atom. The molecule has 1 atom stereocenters. The van der Waals surface area contributed by atoms with E-state index < -0.39 is 0 Å². The molecule has 0 fully saturated rings. The Morgan fingerprint density at radius 1 is 1.43 bits per heavy atom. The second-order valence-corrected chi connectivity index (χ2v) is 4.11. The second kappa shape index (κ2) is 5.29. The molecule has 1 heterocycles. The van der Waals surface area contributed by atoms with Gasteiger partial charge in [0.2, 0.25) is 0 Å². The molecule has 4 heteroatoms. The molecule has 0 radical (unpaired) electrons. The first-order valence-corrected chi connectivity index (χ1v) is 5.75. The molecule has 0 aliphatic carbocycles. The SMILES string of the molecule is CCc1nc(Br)cc(NC(C)CC)n1. The van der Waals surface area contributed by atoms with Crippen molar-refractivity contribution in [3.05, 3.63) is 16.5 Å². The van der Waals surface area contributed by atoms with Crippen LogP contribution in [-0.2, 0) is 6.42 Å². The van der Waals surface area contributed by atoms with E-state index in [1.165, 1.54) is 0 Å². The number of halogens is 1. The van der Waals surface area contributed by atoms with E-state index in [9.17, 15) is 0 Å². The first kappa shape index (κ1) is 11.4. The molecular weight excluding hydrogens is 242 g/mol. The quantitative estimate of drug-likeness (QED) is 0.843. The normalized spacial score (nSPS) is 12.6. The summed E-state index contributed by atoms with van der Waals surface area (Å²) in [5, 5.41) is 3.33. The van der Waals surface area contributed by atoms with Gasteiger partial charge in [0.15, 0.2) is 0 Å². The topological polar surface area (TPSA) is 37.8 Å². The summed E-state index contributed by atoms with van der Waals surface area (Å²) in [6.45, 7) is 6.34. The summed E-state index contributed by atoms with van der Waals surface area (Å²) < 4.78 is 0.843. The van der Waals surface area contributed by atoms with Crippen LogP contribution >= 0.6 is 15.9 Å². The van der Waals surface area contributed by atoms with E-state index in [1.54, 1.807) is 0 Å². The van der Waals surface area contributed by atoms with Gasteiger partial charge in [-0.2, -0.15) is 0 Å². The Morgan fingerprint density at radius 2 is 2.14 bits per heavy atom. The van der Waals surface area contributed by atoms with E-state index in [1.807, 2.05) is 6.07 Å². The van der Waals surface area contributed by atoms with Crippen LogP contribution in [0.15, 0.2) is 10.7 Å². The molecular formula is C10H16BrN3. The molecule has 0 aromatic carbocycles. The van der Waals surface area contributed by atoms with Crippen molar-refractivity contribution in [2.45, 2.75) is 39.7 Å². The fourth-order valence-electron chi connectivity index (χ4n) is 1.05. The monoisotopic (exact) mass is 257 g/mol. The molecule has 0 saturated carbocycles. The molecule has 0 amide bonds. The Bertz CT molecular complexity index is 301. The number of anilines is 1. The van der Waals surface area contributed by atoms with Gasteiger partial charge in [-0.05, 0) is 29.3 Å². The average Bonchev–Trinajstić information content (AvgIpc) is 2.16. The van der Waals surface area contributed by atoms with E-state index in [-0.39, 0.29) is 0 Å². The minimum atomic E-state index is 0.446. The number of aromatic nitrogens is 2. The van der Waals surface area contributed by atoms with Gasteiger partial charge in [-0.15, -0.1) is 0 Å². The predicted molar refractivity (Wildman–Crippen MR) is 62.5 cm³/mol. The molecule has 0 spiro atoms. The molecule has 1 rings (SSSR count). The van der Waals surface area contributed by atoms with Crippen molar-refractivity contribution in [2.75, 3.05) is 5.32 Å². The van der Waals surface area contributed by atoms with Gasteiger partial charge in [-0.3, -0.25) is 0 Å². The fraction of sp³-hybridized carbons (Fsp3) is 0.600. The highest BCUT2D eigenvalue weighted by atomic mass is 79.9. The van der Waals surface area contributed by atoms with Crippen molar-refractivity contribution in [3.8, 4) is 0 Å². The van der Waals surface area contributed by atoms with Crippen molar-refractivity contribution in [2.24, 2.45) is 0 Å². The van der Waals surface area contributed by atoms with Gasteiger partial charge < -0.3 is 5.32 Å².